The van der Waals surface area contributed by atoms with Gasteiger partial charge < -0.3 is 10.6 Å². The maximum absolute atomic E-state index is 6.15. The zero-order valence-electron chi connectivity index (χ0n) is 10.5. The molecule has 2 saturated carbocycles. The number of hydrogen-bond acceptors (Lipinski definition) is 1. The molecule has 0 heterocycles. The van der Waals surface area contributed by atoms with Gasteiger partial charge in [0, 0.05) is 12.6 Å². The third-order valence-corrected chi connectivity index (χ3v) is 3.64. The second-order valence-electron chi connectivity index (χ2n) is 5.20. The lowest BCUT2D eigenvalue weighted by Crippen LogP contribution is -2.40. The Bertz CT molecular complexity index is 240. The van der Waals surface area contributed by atoms with E-state index in [1.165, 1.54) is 44.9 Å². The molecule has 2 rings (SSSR count). The topological polar surface area (TPSA) is 41.6 Å². The fourth-order valence-electron chi connectivity index (χ4n) is 2.58. The summed E-state index contributed by atoms with van der Waals surface area (Å²) >= 11 is 0. The van der Waals surface area contributed by atoms with Gasteiger partial charge in [0.1, 0.15) is 0 Å². The van der Waals surface area contributed by atoms with Crippen LogP contribution in [0.5, 0.6) is 0 Å². The van der Waals surface area contributed by atoms with Crippen LogP contribution in [0.4, 0.5) is 0 Å². The summed E-state index contributed by atoms with van der Waals surface area (Å²) in [5.41, 5.74) is 6.15. The van der Waals surface area contributed by atoms with Gasteiger partial charge in [-0.1, -0.05) is 26.2 Å². The average Bonchev–Trinajstić information content (AvgIpc) is 3.11. The minimum Gasteiger partial charge on any atom is -0.370 e. The maximum Gasteiger partial charge on any atom is 0.191 e. The number of aliphatic imine (C=N–C) groups is 1. The van der Waals surface area contributed by atoms with Crippen molar-refractivity contribution in [1.82, 2.24) is 4.90 Å². The molecule has 0 radical (unpaired) electrons. The van der Waals surface area contributed by atoms with E-state index >= 15 is 0 Å². The van der Waals surface area contributed by atoms with Crippen molar-refractivity contribution in [2.45, 2.75) is 70.4 Å². The van der Waals surface area contributed by atoms with Crippen LogP contribution in [-0.4, -0.2) is 29.5 Å². The molecule has 0 atom stereocenters. The van der Waals surface area contributed by atoms with Crippen molar-refractivity contribution in [2.24, 2.45) is 10.7 Å². The molecule has 3 heteroatoms. The average molecular weight is 223 g/mol. The van der Waals surface area contributed by atoms with Crippen molar-refractivity contribution >= 4 is 5.96 Å². The van der Waals surface area contributed by atoms with Gasteiger partial charge in [0.25, 0.3) is 0 Å². The van der Waals surface area contributed by atoms with Crippen LogP contribution >= 0.6 is 0 Å². The number of nitrogens with two attached hydrogens (primary N) is 1. The second kappa shape index (κ2) is 5.55. The van der Waals surface area contributed by atoms with E-state index in [4.69, 9.17) is 10.7 Å². The monoisotopic (exact) mass is 223 g/mol. The lowest BCUT2D eigenvalue weighted by molar-refractivity contribution is 0.389. The molecule has 2 aliphatic rings. The summed E-state index contributed by atoms with van der Waals surface area (Å²) in [6, 6.07) is 1.21. The molecule has 2 aliphatic carbocycles. The summed E-state index contributed by atoms with van der Waals surface area (Å²) < 4.78 is 0. The quantitative estimate of drug-likeness (QED) is 0.588. The van der Waals surface area contributed by atoms with Gasteiger partial charge in [-0.2, -0.15) is 0 Å². The highest BCUT2D eigenvalue weighted by Gasteiger charge is 2.30. The first-order valence-corrected chi connectivity index (χ1v) is 6.91. The van der Waals surface area contributed by atoms with E-state index in [-0.39, 0.29) is 0 Å². The number of hydrogen-bond donors (Lipinski definition) is 1. The van der Waals surface area contributed by atoms with Gasteiger partial charge in [-0.25, -0.2) is 4.99 Å². The zero-order valence-corrected chi connectivity index (χ0v) is 10.5. The van der Waals surface area contributed by atoms with Crippen molar-refractivity contribution in [1.29, 1.82) is 0 Å². The van der Waals surface area contributed by atoms with Crippen LogP contribution in [0.25, 0.3) is 0 Å². The molecule has 0 bridgehead atoms. The molecule has 16 heavy (non-hydrogen) atoms. The minimum absolute atomic E-state index is 0.506. The van der Waals surface area contributed by atoms with E-state index in [1.54, 1.807) is 0 Å². The molecule has 0 amide bonds. The molecule has 92 valence electrons. The summed E-state index contributed by atoms with van der Waals surface area (Å²) in [4.78, 5) is 7.06. The maximum atomic E-state index is 6.15. The van der Waals surface area contributed by atoms with Crippen LogP contribution in [-0.2, 0) is 0 Å². The smallest absolute Gasteiger partial charge is 0.191 e. The Balaban J connectivity index is 1.91. The molecule has 0 aliphatic heterocycles. The first-order valence-electron chi connectivity index (χ1n) is 6.91. The fraction of sp³-hybridized carbons (Fsp3) is 0.923. The van der Waals surface area contributed by atoms with Crippen molar-refractivity contribution in [3.63, 3.8) is 0 Å². The molecule has 0 unspecified atom stereocenters. The van der Waals surface area contributed by atoms with E-state index in [1.807, 2.05) is 0 Å². The van der Waals surface area contributed by atoms with Gasteiger partial charge in [0.05, 0.1) is 6.04 Å². The lowest BCUT2D eigenvalue weighted by Gasteiger charge is -2.25. The van der Waals surface area contributed by atoms with Gasteiger partial charge >= 0.3 is 0 Å². The van der Waals surface area contributed by atoms with Crippen LogP contribution in [0.2, 0.25) is 0 Å². The molecule has 0 aromatic rings. The predicted molar refractivity (Wildman–Crippen MR) is 68.5 cm³/mol. The summed E-state index contributed by atoms with van der Waals surface area (Å²) in [6.45, 7) is 3.29. The molecule has 0 saturated heterocycles. The molecule has 0 aromatic heterocycles. The fourth-order valence-corrected chi connectivity index (χ4v) is 2.58. The van der Waals surface area contributed by atoms with Crippen molar-refractivity contribution in [2.75, 3.05) is 6.54 Å². The molecule has 0 spiro atoms. The van der Waals surface area contributed by atoms with Crippen molar-refractivity contribution in [3.05, 3.63) is 0 Å². The zero-order chi connectivity index (χ0) is 11.4. The van der Waals surface area contributed by atoms with Gasteiger partial charge in [0.2, 0.25) is 0 Å². The highest BCUT2D eigenvalue weighted by atomic mass is 15.3. The van der Waals surface area contributed by atoms with Gasteiger partial charge in [0.15, 0.2) is 5.96 Å². The van der Waals surface area contributed by atoms with Crippen molar-refractivity contribution < 1.29 is 0 Å². The van der Waals surface area contributed by atoms with Crippen LogP contribution in [0.1, 0.15) is 58.3 Å². The largest absolute Gasteiger partial charge is 0.370 e. The summed E-state index contributed by atoms with van der Waals surface area (Å²) in [5.74, 6) is 0.816. The van der Waals surface area contributed by atoms with Gasteiger partial charge in [-0.15, -0.1) is 0 Å². The second-order valence-corrected chi connectivity index (χ2v) is 5.20. The summed E-state index contributed by atoms with van der Waals surface area (Å²) in [7, 11) is 0. The Kier molecular flexibility index (Phi) is 4.08. The molecule has 3 nitrogen and oxygen atoms in total. The Labute approximate surface area is 99.1 Å². The standard InChI is InChI=1S/C13H25N3/c1-2-10-16(12-8-9-12)13(14)15-11-6-4-3-5-7-11/h11-12H,2-10H2,1H3,(H2,14,15). The Morgan fingerprint density at radius 3 is 2.44 bits per heavy atom. The van der Waals surface area contributed by atoms with E-state index in [2.05, 4.69) is 11.8 Å². The number of nitrogens with zero attached hydrogens (tertiary/aromatic N) is 2. The number of guanidine groups is 1. The lowest BCUT2D eigenvalue weighted by atomic mass is 9.96. The third kappa shape index (κ3) is 3.13. The molecule has 0 aromatic carbocycles. The highest BCUT2D eigenvalue weighted by Crippen LogP contribution is 2.27. The Hall–Kier alpha value is -0.730. The molecular weight excluding hydrogens is 198 g/mol. The van der Waals surface area contributed by atoms with Gasteiger partial charge in [-0.05, 0) is 32.1 Å². The molecular formula is C13H25N3. The van der Waals surface area contributed by atoms with E-state index in [0.29, 0.717) is 12.1 Å². The Morgan fingerprint density at radius 2 is 1.88 bits per heavy atom. The van der Waals surface area contributed by atoms with Crippen LogP contribution in [0.3, 0.4) is 0 Å². The van der Waals surface area contributed by atoms with Crippen LogP contribution in [0.15, 0.2) is 4.99 Å². The Morgan fingerprint density at radius 1 is 1.19 bits per heavy atom. The van der Waals surface area contributed by atoms with Gasteiger partial charge in [-0.3, -0.25) is 0 Å². The molecule has 2 fully saturated rings. The van der Waals surface area contributed by atoms with Crippen LogP contribution in [0, 0.1) is 0 Å². The van der Waals surface area contributed by atoms with Crippen molar-refractivity contribution in [3.8, 4) is 0 Å². The summed E-state index contributed by atoms with van der Waals surface area (Å²) in [5, 5.41) is 0. The highest BCUT2D eigenvalue weighted by molar-refractivity contribution is 5.79. The predicted octanol–water partition coefficient (Wildman–Crippen LogP) is 2.51. The van der Waals surface area contributed by atoms with Crippen LogP contribution < -0.4 is 5.73 Å². The minimum atomic E-state index is 0.506. The van der Waals surface area contributed by atoms with E-state index in [0.717, 1.165) is 18.9 Å². The van der Waals surface area contributed by atoms with E-state index < -0.39 is 0 Å². The SMILES string of the molecule is CCCN(C(N)=NC1CCCCC1)C1CC1. The first kappa shape index (κ1) is 11.7. The number of rotatable bonds is 4. The normalized spacial score (nSPS) is 23.4. The first-order chi connectivity index (χ1) is 7.81. The molecule has 2 N–H and O–H groups in total. The summed E-state index contributed by atoms with van der Waals surface area (Å²) in [6.07, 6.45) is 10.3. The third-order valence-electron chi connectivity index (χ3n) is 3.64. The van der Waals surface area contributed by atoms with E-state index in [9.17, 15) is 0 Å².